The molecule has 2 amide bonds. The minimum absolute atomic E-state index is 0.0108. The van der Waals surface area contributed by atoms with Gasteiger partial charge >= 0.3 is 12.0 Å². The first-order valence-electron chi connectivity index (χ1n) is 12.6. The summed E-state index contributed by atoms with van der Waals surface area (Å²) in [5, 5.41) is 9.88. The lowest BCUT2D eigenvalue weighted by molar-refractivity contribution is -0.129. The Morgan fingerprint density at radius 2 is 1.71 bits per heavy atom. The smallest absolute Gasteiger partial charge is 0.407 e. The standard InChI is InChI=1S/C28H37N3O3/c1-5-30(28(33)34)26-17-20(2)31(4,21(3)32)27-14-13-24(18-25(26)27)23-11-9-22(10-12-23)19-29-15-7-6-8-16-29/h9-14,18,20,26H,5-8,15-17,19H2,1-4H3/p+1/t20-,26+,31?/m0/s1. The van der Waals surface area contributed by atoms with Crippen molar-refractivity contribution in [3.05, 3.63) is 53.6 Å². The number of hydrogen-bond donors (Lipinski definition) is 1. The van der Waals surface area contributed by atoms with Crippen molar-refractivity contribution in [3.8, 4) is 11.1 Å². The quantitative estimate of drug-likeness (QED) is 0.581. The fraction of sp³-hybridized carbons (Fsp3) is 0.500. The Morgan fingerprint density at radius 3 is 2.29 bits per heavy atom. The average Bonchev–Trinajstić information content (AvgIpc) is 2.83. The molecule has 6 heteroatoms. The van der Waals surface area contributed by atoms with E-state index >= 15 is 0 Å². The number of amides is 2. The van der Waals surface area contributed by atoms with Crippen LogP contribution in [0.1, 0.15) is 63.6 Å². The molecule has 0 aliphatic carbocycles. The topological polar surface area (TPSA) is 60.9 Å². The van der Waals surface area contributed by atoms with E-state index in [1.165, 1.54) is 42.8 Å². The Labute approximate surface area is 203 Å². The summed E-state index contributed by atoms with van der Waals surface area (Å²) in [4.78, 5) is 28.8. The van der Waals surface area contributed by atoms with Crippen LogP contribution in [0.3, 0.4) is 0 Å². The molecule has 6 nitrogen and oxygen atoms in total. The molecule has 2 aliphatic rings. The van der Waals surface area contributed by atoms with Gasteiger partial charge in [-0.3, -0.25) is 4.90 Å². The average molecular weight is 465 g/mol. The second-order valence-corrected chi connectivity index (χ2v) is 10.1. The number of nitrogens with zero attached hydrogens (tertiary/aromatic N) is 3. The molecule has 0 spiro atoms. The Hall–Kier alpha value is -2.70. The number of carbonyl (C=O) groups excluding carboxylic acids is 1. The van der Waals surface area contributed by atoms with E-state index in [4.69, 9.17) is 0 Å². The molecule has 2 aromatic rings. The van der Waals surface area contributed by atoms with Gasteiger partial charge in [-0.05, 0) is 68.6 Å². The molecular formula is C28H38N3O3+. The third-order valence-corrected chi connectivity index (χ3v) is 8.09. The van der Waals surface area contributed by atoms with Crippen molar-refractivity contribution < 1.29 is 14.7 Å². The second-order valence-electron chi connectivity index (χ2n) is 10.1. The van der Waals surface area contributed by atoms with Crippen LogP contribution in [0.4, 0.5) is 10.5 Å². The van der Waals surface area contributed by atoms with E-state index in [0.717, 1.165) is 28.9 Å². The highest BCUT2D eigenvalue weighted by Crippen LogP contribution is 2.45. The molecule has 1 unspecified atom stereocenters. The second kappa shape index (κ2) is 9.88. The van der Waals surface area contributed by atoms with Crippen LogP contribution in [-0.2, 0) is 11.3 Å². The molecule has 34 heavy (non-hydrogen) atoms. The van der Waals surface area contributed by atoms with E-state index < -0.39 is 6.09 Å². The van der Waals surface area contributed by atoms with Crippen molar-refractivity contribution in [1.29, 1.82) is 0 Å². The SMILES string of the molecule is CCN(C(=O)O)[C@@H]1C[C@H](C)[N+](C)(C(C)=O)c2ccc(-c3ccc(CN4CCCCC4)cc3)cc21. The predicted molar refractivity (Wildman–Crippen MR) is 137 cm³/mol. The van der Waals surface area contributed by atoms with Crippen LogP contribution in [0, 0.1) is 0 Å². The number of carbonyl (C=O) groups is 2. The molecule has 2 heterocycles. The molecule has 0 bridgehead atoms. The van der Waals surface area contributed by atoms with Crippen LogP contribution < -0.4 is 4.48 Å². The minimum Gasteiger partial charge on any atom is -0.465 e. The maximum absolute atomic E-state index is 12.8. The lowest BCUT2D eigenvalue weighted by Crippen LogP contribution is -2.60. The molecule has 182 valence electrons. The van der Waals surface area contributed by atoms with E-state index in [1.807, 2.05) is 27.0 Å². The lowest BCUT2D eigenvalue weighted by Gasteiger charge is -2.45. The first-order chi connectivity index (χ1) is 16.3. The van der Waals surface area contributed by atoms with Crippen LogP contribution in [0.2, 0.25) is 0 Å². The molecule has 1 fully saturated rings. The minimum atomic E-state index is -0.919. The predicted octanol–water partition coefficient (Wildman–Crippen LogP) is 5.66. The number of quaternary nitrogens is 1. The Bertz CT molecular complexity index is 1050. The van der Waals surface area contributed by atoms with Crippen LogP contribution in [0.25, 0.3) is 11.1 Å². The number of piperidine rings is 1. The molecular weight excluding hydrogens is 426 g/mol. The summed E-state index contributed by atoms with van der Waals surface area (Å²) in [5.74, 6) is 0.0698. The van der Waals surface area contributed by atoms with Gasteiger partial charge in [-0.25, -0.2) is 14.1 Å². The number of rotatable bonds is 5. The maximum Gasteiger partial charge on any atom is 0.407 e. The molecule has 2 aromatic carbocycles. The van der Waals surface area contributed by atoms with Crippen molar-refractivity contribution in [2.24, 2.45) is 0 Å². The summed E-state index contributed by atoms with van der Waals surface area (Å²) in [5.41, 5.74) is 5.33. The zero-order chi connectivity index (χ0) is 24.5. The number of benzene rings is 2. The number of likely N-dealkylation sites (tertiary alicyclic amines) is 1. The van der Waals surface area contributed by atoms with Gasteiger partial charge in [0, 0.05) is 31.1 Å². The first kappa shape index (κ1) is 24.4. The largest absolute Gasteiger partial charge is 0.465 e. The first-order valence-corrected chi connectivity index (χ1v) is 12.6. The maximum atomic E-state index is 12.8. The normalized spacial score (nSPS) is 24.9. The Kier molecular flexibility index (Phi) is 7.10. The van der Waals surface area contributed by atoms with E-state index in [1.54, 1.807) is 6.92 Å². The molecule has 1 N–H and O–H groups in total. The van der Waals surface area contributed by atoms with Gasteiger partial charge in [-0.15, -0.1) is 0 Å². The van der Waals surface area contributed by atoms with E-state index in [9.17, 15) is 14.7 Å². The number of hydrogen-bond acceptors (Lipinski definition) is 3. The van der Waals surface area contributed by atoms with Gasteiger partial charge in [0.1, 0.15) is 5.69 Å². The van der Waals surface area contributed by atoms with Crippen molar-refractivity contribution in [3.63, 3.8) is 0 Å². The summed E-state index contributed by atoms with van der Waals surface area (Å²) < 4.78 is 0.193. The lowest BCUT2D eigenvalue weighted by atomic mass is 9.86. The van der Waals surface area contributed by atoms with Crippen LogP contribution in [-0.4, -0.2) is 59.6 Å². The fourth-order valence-electron chi connectivity index (χ4n) is 5.76. The van der Waals surface area contributed by atoms with Gasteiger partial charge < -0.3 is 10.0 Å². The zero-order valence-corrected chi connectivity index (χ0v) is 21.0. The van der Waals surface area contributed by atoms with Crippen LogP contribution in [0.5, 0.6) is 0 Å². The van der Waals surface area contributed by atoms with Gasteiger partial charge in [0.05, 0.1) is 26.1 Å². The molecule has 1 saturated heterocycles. The third-order valence-electron chi connectivity index (χ3n) is 8.09. The van der Waals surface area contributed by atoms with Gasteiger partial charge in [0.25, 0.3) is 0 Å². The van der Waals surface area contributed by atoms with Gasteiger partial charge in [0.2, 0.25) is 0 Å². The fourth-order valence-corrected chi connectivity index (χ4v) is 5.76. The summed E-state index contributed by atoms with van der Waals surface area (Å²) in [6.07, 6.45) is 3.61. The van der Waals surface area contributed by atoms with E-state index in [0.29, 0.717) is 13.0 Å². The molecule has 2 aliphatic heterocycles. The monoisotopic (exact) mass is 464 g/mol. The number of carboxylic acid groups (broad SMARTS) is 1. The van der Waals surface area contributed by atoms with Crippen molar-refractivity contribution >= 4 is 17.7 Å². The highest BCUT2D eigenvalue weighted by Gasteiger charge is 2.47. The summed E-state index contributed by atoms with van der Waals surface area (Å²) in [7, 11) is 1.95. The molecule has 4 rings (SSSR count). The van der Waals surface area contributed by atoms with E-state index in [-0.39, 0.29) is 22.5 Å². The molecule has 3 atom stereocenters. The van der Waals surface area contributed by atoms with Crippen molar-refractivity contribution in [2.75, 3.05) is 26.7 Å². The van der Waals surface area contributed by atoms with Gasteiger partial charge in [-0.2, -0.15) is 0 Å². The summed E-state index contributed by atoms with van der Waals surface area (Å²) >= 11 is 0. The van der Waals surface area contributed by atoms with Crippen molar-refractivity contribution in [2.45, 2.75) is 65.1 Å². The molecule has 0 saturated carbocycles. The summed E-state index contributed by atoms with van der Waals surface area (Å²) in [6, 6.07) is 14.7. The van der Waals surface area contributed by atoms with E-state index in [2.05, 4.69) is 41.3 Å². The van der Waals surface area contributed by atoms with Crippen LogP contribution >= 0.6 is 0 Å². The van der Waals surface area contributed by atoms with Gasteiger partial charge in [-0.1, -0.05) is 30.7 Å². The van der Waals surface area contributed by atoms with Gasteiger partial charge in [0.15, 0.2) is 0 Å². The van der Waals surface area contributed by atoms with Crippen LogP contribution in [0.15, 0.2) is 42.5 Å². The molecule has 0 radical (unpaired) electrons. The summed E-state index contributed by atoms with van der Waals surface area (Å²) in [6.45, 7) is 9.30. The number of fused-ring (bicyclic) bond motifs is 1. The zero-order valence-electron chi connectivity index (χ0n) is 21.0. The van der Waals surface area contributed by atoms with Crippen molar-refractivity contribution in [1.82, 2.24) is 14.3 Å². The molecule has 0 aromatic heterocycles. The third kappa shape index (κ3) is 4.49. The Balaban J connectivity index is 1.69. The highest BCUT2D eigenvalue weighted by molar-refractivity contribution is 5.89. The Morgan fingerprint density at radius 1 is 1.06 bits per heavy atom. The highest BCUT2D eigenvalue weighted by atomic mass is 16.4.